The monoisotopic (exact) mass is 318 g/mol. The van der Waals surface area contributed by atoms with Gasteiger partial charge in [0, 0.05) is 32.6 Å². The molecular formula is C20H22N4. The molecule has 0 bridgehead atoms. The maximum Gasteiger partial charge on any atom is 0.151 e. The molecule has 0 unspecified atom stereocenters. The fourth-order valence-electron chi connectivity index (χ4n) is 3.21. The van der Waals surface area contributed by atoms with E-state index >= 15 is 0 Å². The van der Waals surface area contributed by atoms with E-state index in [1.165, 1.54) is 5.56 Å². The topological polar surface area (TPSA) is 32.3 Å². The number of anilines is 1. The van der Waals surface area contributed by atoms with Gasteiger partial charge in [0.2, 0.25) is 0 Å². The molecule has 2 aromatic carbocycles. The van der Waals surface area contributed by atoms with Gasteiger partial charge in [0.25, 0.3) is 0 Å². The maximum atomic E-state index is 4.96. The summed E-state index contributed by atoms with van der Waals surface area (Å²) in [5.41, 5.74) is 4.30. The van der Waals surface area contributed by atoms with Crippen LogP contribution in [0.3, 0.4) is 0 Å². The number of benzene rings is 2. The minimum absolute atomic E-state index is 0.820. The summed E-state index contributed by atoms with van der Waals surface area (Å²) in [5, 5.41) is 0. The average Bonchev–Trinajstić information content (AvgIpc) is 2.63. The molecule has 1 fully saturated rings. The van der Waals surface area contributed by atoms with Crippen LogP contribution in [0.2, 0.25) is 0 Å². The molecule has 0 aliphatic carbocycles. The highest BCUT2D eigenvalue weighted by molar-refractivity contribution is 5.76. The Labute approximate surface area is 142 Å². The summed E-state index contributed by atoms with van der Waals surface area (Å²) in [4.78, 5) is 14.7. The lowest BCUT2D eigenvalue weighted by Gasteiger charge is -2.34. The molecule has 1 aromatic heterocycles. The van der Waals surface area contributed by atoms with Crippen LogP contribution in [-0.2, 0) is 6.42 Å². The summed E-state index contributed by atoms with van der Waals surface area (Å²) in [5.74, 6) is 1.05. The molecule has 4 heteroatoms. The zero-order valence-corrected chi connectivity index (χ0v) is 14.0. The van der Waals surface area contributed by atoms with E-state index in [1.54, 1.807) is 0 Å². The summed E-state index contributed by atoms with van der Waals surface area (Å²) in [6, 6.07) is 18.7. The van der Waals surface area contributed by atoms with E-state index in [1.807, 2.05) is 24.3 Å². The van der Waals surface area contributed by atoms with Gasteiger partial charge in [0.1, 0.15) is 0 Å². The van der Waals surface area contributed by atoms with Crippen LogP contribution in [0.15, 0.2) is 54.6 Å². The smallest absolute Gasteiger partial charge is 0.151 e. The second-order valence-electron chi connectivity index (χ2n) is 6.44. The number of piperazine rings is 1. The van der Waals surface area contributed by atoms with Crippen LogP contribution in [0.5, 0.6) is 0 Å². The van der Waals surface area contributed by atoms with Gasteiger partial charge in [-0.1, -0.05) is 42.5 Å². The third kappa shape index (κ3) is 3.10. The lowest BCUT2D eigenvalue weighted by atomic mass is 10.1. The van der Waals surface area contributed by atoms with Crippen LogP contribution in [0.4, 0.5) is 5.82 Å². The summed E-state index contributed by atoms with van der Waals surface area (Å²) < 4.78 is 0. The zero-order chi connectivity index (χ0) is 16.4. The van der Waals surface area contributed by atoms with Gasteiger partial charge in [0.05, 0.1) is 16.7 Å². The van der Waals surface area contributed by atoms with E-state index < -0.39 is 0 Å². The molecule has 0 spiro atoms. The molecule has 0 N–H and O–H groups in total. The Balaban J connectivity index is 1.75. The Kier molecular flexibility index (Phi) is 4.13. The molecular weight excluding hydrogens is 296 g/mol. The largest absolute Gasteiger partial charge is 0.353 e. The summed E-state index contributed by atoms with van der Waals surface area (Å²) in [6.45, 7) is 4.15. The van der Waals surface area contributed by atoms with Crippen molar-refractivity contribution in [2.45, 2.75) is 6.42 Å². The second kappa shape index (κ2) is 6.57. The first-order valence-electron chi connectivity index (χ1n) is 8.53. The number of rotatable bonds is 3. The minimum atomic E-state index is 0.820. The first-order valence-corrected chi connectivity index (χ1v) is 8.53. The van der Waals surface area contributed by atoms with Crippen molar-refractivity contribution in [2.24, 2.45) is 0 Å². The molecule has 0 saturated carbocycles. The van der Waals surface area contributed by atoms with Crippen molar-refractivity contribution in [2.75, 3.05) is 38.1 Å². The maximum absolute atomic E-state index is 4.96. The van der Waals surface area contributed by atoms with Crippen LogP contribution in [0.1, 0.15) is 11.3 Å². The first kappa shape index (κ1) is 15.1. The molecule has 4 nitrogen and oxygen atoms in total. The van der Waals surface area contributed by atoms with Crippen LogP contribution in [0, 0.1) is 0 Å². The van der Waals surface area contributed by atoms with E-state index in [0.29, 0.717) is 0 Å². The summed E-state index contributed by atoms with van der Waals surface area (Å²) in [7, 11) is 2.17. The van der Waals surface area contributed by atoms with Gasteiger partial charge in [-0.25, -0.2) is 9.97 Å². The quantitative estimate of drug-likeness (QED) is 0.743. The van der Waals surface area contributed by atoms with E-state index in [9.17, 15) is 0 Å². The van der Waals surface area contributed by atoms with Crippen molar-refractivity contribution >= 4 is 16.9 Å². The third-order valence-corrected chi connectivity index (χ3v) is 4.64. The standard InChI is InChI=1S/C20H22N4/c1-23-11-13-24(14-12-23)20-19(15-16-7-3-2-4-8-16)21-17-9-5-6-10-18(17)22-20/h2-10H,11-15H2,1H3. The van der Waals surface area contributed by atoms with E-state index in [4.69, 9.17) is 9.97 Å². The number of likely N-dealkylation sites (N-methyl/N-ethyl adjacent to an activating group) is 1. The molecule has 3 aromatic rings. The van der Waals surface area contributed by atoms with Crippen molar-refractivity contribution in [1.29, 1.82) is 0 Å². The van der Waals surface area contributed by atoms with Crippen molar-refractivity contribution in [3.63, 3.8) is 0 Å². The predicted molar refractivity (Wildman–Crippen MR) is 98.5 cm³/mol. The Morgan fingerprint density at radius 3 is 2.12 bits per heavy atom. The van der Waals surface area contributed by atoms with Gasteiger partial charge in [-0.15, -0.1) is 0 Å². The average molecular weight is 318 g/mol. The highest BCUT2D eigenvalue weighted by atomic mass is 15.3. The van der Waals surface area contributed by atoms with Gasteiger partial charge in [0.15, 0.2) is 5.82 Å². The molecule has 0 amide bonds. The third-order valence-electron chi connectivity index (χ3n) is 4.64. The number of aromatic nitrogens is 2. The Hall–Kier alpha value is -2.46. The SMILES string of the molecule is CN1CCN(c2nc3ccccc3nc2Cc2ccccc2)CC1. The Bertz CT molecular complexity index is 823. The minimum Gasteiger partial charge on any atom is -0.353 e. The summed E-state index contributed by atoms with van der Waals surface area (Å²) in [6.07, 6.45) is 0.820. The molecule has 122 valence electrons. The van der Waals surface area contributed by atoms with E-state index in [2.05, 4.69) is 47.2 Å². The fraction of sp³-hybridized carbons (Fsp3) is 0.300. The van der Waals surface area contributed by atoms with E-state index in [0.717, 1.165) is 55.1 Å². The summed E-state index contributed by atoms with van der Waals surface area (Å²) >= 11 is 0. The molecule has 1 saturated heterocycles. The molecule has 1 aliphatic heterocycles. The number of hydrogen-bond donors (Lipinski definition) is 0. The first-order chi connectivity index (χ1) is 11.8. The number of fused-ring (bicyclic) bond motifs is 1. The lowest BCUT2D eigenvalue weighted by Crippen LogP contribution is -2.45. The lowest BCUT2D eigenvalue weighted by molar-refractivity contribution is 0.312. The molecule has 1 aliphatic rings. The molecule has 4 rings (SSSR count). The van der Waals surface area contributed by atoms with Crippen LogP contribution in [0.25, 0.3) is 11.0 Å². The van der Waals surface area contributed by atoms with Crippen LogP contribution in [-0.4, -0.2) is 48.1 Å². The molecule has 2 heterocycles. The Morgan fingerprint density at radius 1 is 0.792 bits per heavy atom. The highest BCUT2D eigenvalue weighted by Gasteiger charge is 2.20. The second-order valence-corrected chi connectivity index (χ2v) is 6.44. The predicted octanol–water partition coefficient (Wildman–Crippen LogP) is 2.97. The van der Waals surface area contributed by atoms with Crippen molar-refractivity contribution in [3.8, 4) is 0 Å². The van der Waals surface area contributed by atoms with Gasteiger partial charge in [-0.3, -0.25) is 0 Å². The van der Waals surface area contributed by atoms with Crippen molar-refractivity contribution in [1.82, 2.24) is 14.9 Å². The number of para-hydroxylation sites is 2. The normalized spacial score (nSPS) is 15.8. The van der Waals surface area contributed by atoms with Gasteiger partial charge in [-0.2, -0.15) is 0 Å². The van der Waals surface area contributed by atoms with Gasteiger partial charge >= 0.3 is 0 Å². The molecule has 0 atom stereocenters. The van der Waals surface area contributed by atoms with Gasteiger partial charge in [-0.05, 0) is 24.7 Å². The zero-order valence-electron chi connectivity index (χ0n) is 14.0. The highest BCUT2D eigenvalue weighted by Crippen LogP contribution is 2.24. The molecule has 0 radical (unpaired) electrons. The Morgan fingerprint density at radius 2 is 1.42 bits per heavy atom. The number of nitrogens with zero attached hydrogens (tertiary/aromatic N) is 4. The van der Waals surface area contributed by atoms with Crippen LogP contribution >= 0.6 is 0 Å². The number of hydrogen-bond acceptors (Lipinski definition) is 4. The fourth-order valence-corrected chi connectivity index (χ4v) is 3.21. The van der Waals surface area contributed by atoms with Crippen molar-refractivity contribution in [3.05, 3.63) is 65.9 Å². The van der Waals surface area contributed by atoms with Gasteiger partial charge < -0.3 is 9.80 Å². The van der Waals surface area contributed by atoms with Crippen LogP contribution < -0.4 is 4.90 Å². The molecule has 24 heavy (non-hydrogen) atoms. The van der Waals surface area contributed by atoms with Crippen molar-refractivity contribution < 1.29 is 0 Å². The van der Waals surface area contributed by atoms with E-state index in [-0.39, 0.29) is 0 Å².